The van der Waals surface area contributed by atoms with Gasteiger partial charge in [0.1, 0.15) is 0 Å². The first-order valence-electron chi connectivity index (χ1n) is 7.14. The van der Waals surface area contributed by atoms with Gasteiger partial charge in [0.05, 0.1) is 10.4 Å². The topological polar surface area (TPSA) is 49.4 Å². The fraction of sp³-hybridized carbons (Fsp3) is 0.294. The van der Waals surface area contributed by atoms with Crippen LogP contribution in [0.2, 0.25) is 0 Å². The molecule has 1 unspecified atom stereocenters. The van der Waals surface area contributed by atoms with Gasteiger partial charge in [0.25, 0.3) is 5.91 Å². The van der Waals surface area contributed by atoms with E-state index in [1.54, 1.807) is 11.4 Å². The minimum absolute atomic E-state index is 0.0128. The lowest BCUT2D eigenvalue weighted by Gasteiger charge is -2.27. The molecule has 1 amide bonds. The molecule has 0 bridgehead atoms. The number of rotatable bonds is 6. The Kier molecular flexibility index (Phi) is 5.33. The SMILES string of the molecule is CC(=O)c1cc(C(=O)NCC(C)N(C)c2ccccc2)cs1. The van der Waals surface area contributed by atoms with Crippen LogP contribution in [0.4, 0.5) is 5.69 Å². The highest BCUT2D eigenvalue weighted by molar-refractivity contribution is 7.12. The van der Waals surface area contributed by atoms with Crippen LogP contribution in [0.25, 0.3) is 0 Å². The average molecular weight is 316 g/mol. The molecule has 1 N–H and O–H groups in total. The summed E-state index contributed by atoms with van der Waals surface area (Å²) in [7, 11) is 2.00. The average Bonchev–Trinajstić information content (AvgIpc) is 3.02. The van der Waals surface area contributed by atoms with E-state index in [4.69, 9.17) is 0 Å². The van der Waals surface area contributed by atoms with E-state index in [0.29, 0.717) is 17.0 Å². The van der Waals surface area contributed by atoms with E-state index in [-0.39, 0.29) is 17.7 Å². The van der Waals surface area contributed by atoms with Crippen molar-refractivity contribution in [3.8, 4) is 0 Å². The molecule has 0 radical (unpaired) electrons. The lowest BCUT2D eigenvalue weighted by atomic mass is 10.2. The molecule has 0 aliphatic heterocycles. The third-order valence-electron chi connectivity index (χ3n) is 3.59. The maximum absolute atomic E-state index is 12.1. The third-order valence-corrected chi connectivity index (χ3v) is 4.62. The first kappa shape index (κ1) is 16.2. The Labute approximate surface area is 134 Å². The molecular formula is C17H20N2O2S. The van der Waals surface area contributed by atoms with Crippen LogP contribution < -0.4 is 10.2 Å². The Balaban J connectivity index is 1.91. The largest absolute Gasteiger partial charge is 0.370 e. The van der Waals surface area contributed by atoms with Gasteiger partial charge in [0.2, 0.25) is 0 Å². The molecule has 22 heavy (non-hydrogen) atoms. The Bertz CT molecular complexity index is 652. The molecule has 0 fully saturated rings. The van der Waals surface area contributed by atoms with Gasteiger partial charge in [-0.2, -0.15) is 0 Å². The highest BCUT2D eigenvalue weighted by atomic mass is 32.1. The standard InChI is InChI=1S/C17H20N2O2S/c1-12(19(3)15-7-5-4-6-8-15)10-18-17(21)14-9-16(13(2)20)22-11-14/h4-9,11-12H,10H2,1-3H3,(H,18,21). The molecule has 1 atom stereocenters. The van der Waals surface area contributed by atoms with E-state index in [0.717, 1.165) is 5.69 Å². The summed E-state index contributed by atoms with van der Waals surface area (Å²) in [6.45, 7) is 4.10. The summed E-state index contributed by atoms with van der Waals surface area (Å²) < 4.78 is 0. The summed E-state index contributed by atoms with van der Waals surface area (Å²) >= 11 is 1.30. The number of para-hydroxylation sites is 1. The lowest BCUT2D eigenvalue weighted by Crippen LogP contribution is -2.40. The van der Waals surface area contributed by atoms with Gasteiger partial charge in [-0.05, 0) is 32.0 Å². The molecule has 4 nitrogen and oxygen atoms in total. The zero-order valence-electron chi connectivity index (χ0n) is 13.0. The highest BCUT2D eigenvalue weighted by Gasteiger charge is 2.14. The number of likely N-dealkylation sites (N-methyl/N-ethyl adjacent to an activating group) is 1. The van der Waals surface area contributed by atoms with E-state index in [2.05, 4.69) is 17.1 Å². The number of nitrogens with zero attached hydrogens (tertiary/aromatic N) is 1. The normalized spacial score (nSPS) is 11.8. The van der Waals surface area contributed by atoms with Crippen LogP contribution in [0.15, 0.2) is 41.8 Å². The maximum Gasteiger partial charge on any atom is 0.252 e. The predicted molar refractivity (Wildman–Crippen MR) is 91.0 cm³/mol. The summed E-state index contributed by atoms with van der Waals surface area (Å²) in [5, 5.41) is 4.64. The van der Waals surface area contributed by atoms with Crippen molar-refractivity contribution in [2.45, 2.75) is 19.9 Å². The van der Waals surface area contributed by atoms with Crippen LogP contribution >= 0.6 is 11.3 Å². The number of nitrogens with one attached hydrogen (secondary N) is 1. The zero-order chi connectivity index (χ0) is 16.1. The van der Waals surface area contributed by atoms with Crippen LogP contribution in [0.5, 0.6) is 0 Å². The first-order chi connectivity index (χ1) is 10.5. The lowest BCUT2D eigenvalue weighted by molar-refractivity contribution is 0.0952. The summed E-state index contributed by atoms with van der Waals surface area (Å²) in [5.74, 6) is -0.154. The van der Waals surface area contributed by atoms with Crippen LogP contribution in [0, 0.1) is 0 Å². The molecule has 1 aromatic carbocycles. The molecular weight excluding hydrogens is 296 g/mol. The zero-order valence-corrected chi connectivity index (χ0v) is 13.8. The van der Waals surface area contributed by atoms with E-state index in [9.17, 15) is 9.59 Å². The van der Waals surface area contributed by atoms with Gasteiger partial charge in [-0.1, -0.05) is 18.2 Å². The number of ketones is 1. The van der Waals surface area contributed by atoms with Gasteiger partial charge < -0.3 is 10.2 Å². The van der Waals surface area contributed by atoms with E-state index in [1.807, 2.05) is 37.4 Å². The molecule has 2 aromatic rings. The van der Waals surface area contributed by atoms with Crippen molar-refractivity contribution in [1.82, 2.24) is 5.32 Å². The Morgan fingerprint density at radius 1 is 1.27 bits per heavy atom. The summed E-state index contributed by atoms with van der Waals surface area (Å²) in [5.41, 5.74) is 1.66. The minimum atomic E-state index is -0.142. The summed E-state index contributed by atoms with van der Waals surface area (Å²) in [6.07, 6.45) is 0. The van der Waals surface area contributed by atoms with Gasteiger partial charge in [-0.15, -0.1) is 11.3 Å². The molecule has 1 heterocycles. The molecule has 5 heteroatoms. The quantitative estimate of drug-likeness (QED) is 0.833. The van der Waals surface area contributed by atoms with Gasteiger partial charge in [0, 0.05) is 30.7 Å². The highest BCUT2D eigenvalue weighted by Crippen LogP contribution is 2.16. The second kappa shape index (κ2) is 7.22. The number of hydrogen-bond donors (Lipinski definition) is 1. The number of anilines is 1. The van der Waals surface area contributed by atoms with Crippen LogP contribution in [0.3, 0.4) is 0 Å². The molecule has 0 aliphatic carbocycles. The van der Waals surface area contributed by atoms with Crippen molar-refractivity contribution in [3.05, 3.63) is 52.2 Å². The van der Waals surface area contributed by atoms with E-state index < -0.39 is 0 Å². The molecule has 0 aliphatic rings. The number of carbonyl (C=O) groups excluding carboxylic acids is 2. The molecule has 0 spiro atoms. The van der Waals surface area contributed by atoms with Crippen LogP contribution in [-0.2, 0) is 0 Å². The van der Waals surface area contributed by atoms with Gasteiger partial charge in [-0.25, -0.2) is 0 Å². The fourth-order valence-electron chi connectivity index (χ4n) is 2.04. The molecule has 0 saturated carbocycles. The van der Waals surface area contributed by atoms with Crippen molar-refractivity contribution >= 4 is 28.7 Å². The summed E-state index contributed by atoms with van der Waals surface area (Å²) in [6, 6.07) is 11.8. The molecule has 1 aromatic heterocycles. The van der Waals surface area contributed by atoms with Crippen molar-refractivity contribution in [1.29, 1.82) is 0 Å². The van der Waals surface area contributed by atoms with Crippen LogP contribution in [0.1, 0.15) is 33.9 Å². The summed E-state index contributed by atoms with van der Waals surface area (Å²) in [4.78, 5) is 26.1. The molecule has 0 saturated heterocycles. The van der Waals surface area contributed by atoms with Crippen molar-refractivity contribution in [2.75, 3.05) is 18.5 Å². The van der Waals surface area contributed by atoms with Crippen LogP contribution in [-0.4, -0.2) is 31.3 Å². The van der Waals surface area contributed by atoms with Crippen molar-refractivity contribution < 1.29 is 9.59 Å². The van der Waals surface area contributed by atoms with Gasteiger partial charge in [-0.3, -0.25) is 9.59 Å². The number of Topliss-reactive ketones (excluding diaryl/α,β-unsaturated/α-hetero) is 1. The van der Waals surface area contributed by atoms with Gasteiger partial charge in [0.15, 0.2) is 5.78 Å². The fourth-order valence-corrected chi connectivity index (χ4v) is 2.83. The number of amides is 1. The van der Waals surface area contributed by atoms with Crippen molar-refractivity contribution in [2.24, 2.45) is 0 Å². The maximum atomic E-state index is 12.1. The second-order valence-electron chi connectivity index (χ2n) is 5.26. The van der Waals surface area contributed by atoms with E-state index in [1.165, 1.54) is 18.3 Å². The molecule has 2 rings (SSSR count). The smallest absolute Gasteiger partial charge is 0.252 e. The number of hydrogen-bond acceptors (Lipinski definition) is 4. The molecule has 116 valence electrons. The monoisotopic (exact) mass is 316 g/mol. The minimum Gasteiger partial charge on any atom is -0.370 e. The Hall–Kier alpha value is -2.14. The van der Waals surface area contributed by atoms with Crippen molar-refractivity contribution in [3.63, 3.8) is 0 Å². The number of thiophene rings is 1. The Morgan fingerprint density at radius 2 is 1.95 bits per heavy atom. The predicted octanol–water partition coefficient (Wildman–Crippen LogP) is 3.21. The third kappa shape index (κ3) is 3.95. The number of carbonyl (C=O) groups is 2. The Morgan fingerprint density at radius 3 is 2.55 bits per heavy atom. The van der Waals surface area contributed by atoms with E-state index >= 15 is 0 Å². The van der Waals surface area contributed by atoms with Gasteiger partial charge >= 0.3 is 0 Å². The number of benzene rings is 1. The second-order valence-corrected chi connectivity index (χ2v) is 6.17. The first-order valence-corrected chi connectivity index (χ1v) is 8.02.